The Morgan fingerprint density at radius 3 is 2.50 bits per heavy atom. The first-order valence-corrected chi connectivity index (χ1v) is 10.9. The molecule has 1 N–H and O–H groups in total. The summed E-state index contributed by atoms with van der Waals surface area (Å²) in [6, 6.07) is 6.67. The van der Waals surface area contributed by atoms with E-state index in [9.17, 15) is 18.7 Å². The van der Waals surface area contributed by atoms with E-state index in [0.717, 1.165) is 6.07 Å². The number of rotatable bonds is 5. The molecule has 0 saturated carbocycles. The van der Waals surface area contributed by atoms with Crippen molar-refractivity contribution in [3.05, 3.63) is 63.4 Å². The van der Waals surface area contributed by atoms with E-state index >= 15 is 0 Å². The third-order valence-corrected chi connectivity index (χ3v) is 5.27. The summed E-state index contributed by atoms with van der Waals surface area (Å²) in [5.74, 6) is 3.21. The molecule has 5 nitrogen and oxygen atoms in total. The van der Waals surface area contributed by atoms with Crippen molar-refractivity contribution in [2.24, 2.45) is 0 Å². The zero-order valence-electron chi connectivity index (χ0n) is 18.0. The van der Waals surface area contributed by atoms with Gasteiger partial charge < -0.3 is 14.6 Å². The second kappa shape index (κ2) is 9.65. The molecule has 1 atom stereocenters. The number of nitrogens with zero attached hydrogens (tertiary/aromatic N) is 1. The van der Waals surface area contributed by atoms with E-state index in [1.807, 2.05) is 0 Å². The van der Waals surface area contributed by atoms with Gasteiger partial charge >= 0.3 is 5.97 Å². The molecule has 1 aromatic carbocycles. The molecule has 170 valence electrons. The van der Waals surface area contributed by atoms with Gasteiger partial charge in [0.15, 0.2) is 5.60 Å². The molecule has 1 aliphatic heterocycles. The Hall–Kier alpha value is -2.34. The van der Waals surface area contributed by atoms with Crippen LogP contribution in [0.15, 0.2) is 34.8 Å². The number of halogens is 3. The lowest BCUT2D eigenvalue weighted by Gasteiger charge is -2.30. The van der Waals surface area contributed by atoms with Gasteiger partial charge in [0.2, 0.25) is 0 Å². The molecule has 1 aromatic heterocycles. The monoisotopic (exact) mass is 507 g/mol. The van der Waals surface area contributed by atoms with Gasteiger partial charge in [-0.3, -0.25) is 4.79 Å². The summed E-state index contributed by atoms with van der Waals surface area (Å²) in [6.07, 6.45) is 0.115. The first-order valence-electron chi connectivity index (χ1n) is 10.1. The van der Waals surface area contributed by atoms with Crippen LogP contribution in [-0.2, 0) is 20.7 Å². The number of ether oxygens (including phenoxy) is 2. The number of aromatic nitrogens is 1. The molecule has 2 aromatic rings. The van der Waals surface area contributed by atoms with E-state index in [1.54, 1.807) is 32.9 Å². The van der Waals surface area contributed by atoms with Crippen LogP contribution < -0.4 is 0 Å². The average molecular weight is 508 g/mol. The van der Waals surface area contributed by atoms with Gasteiger partial charge in [0.25, 0.3) is 0 Å². The average Bonchev–Trinajstić information content (AvgIpc) is 2.63. The molecule has 2 heterocycles. The molecule has 0 amide bonds. The second-order valence-corrected chi connectivity index (χ2v) is 9.66. The van der Waals surface area contributed by atoms with E-state index in [-0.39, 0.29) is 26.1 Å². The van der Waals surface area contributed by atoms with Crippen molar-refractivity contribution in [1.82, 2.24) is 4.98 Å². The van der Waals surface area contributed by atoms with E-state index in [0.29, 0.717) is 21.4 Å². The third-order valence-electron chi connectivity index (χ3n) is 4.60. The lowest BCUT2D eigenvalue weighted by Crippen LogP contribution is -2.48. The van der Waals surface area contributed by atoms with Crippen LogP contribution in [0, 0.1) is 23.5 Å². The van der Waals surface area contributed by atoms with Gasteiger partial charge in [-0.15, -0.1) is 0 Å². The Morgan fingerprint density at radius 1 is 1.28 bits per heavy atom. The van der Waals surface area contributed by atoms with E-state index in [2.05, 4.69) is 32.8 Å². The summed E-state index contributed by atoms with van der Waals surface area (Å²) >= 11 is 3.46. The van der Waals surface area contributed by atoms with Crippen molar-refractivity contribution in [3.63, 3.8) is 0 Å². The molecule has 1 fully saturated rings. The maximum absolute atomic E-state index is 13.8. The zero-order valence-corrected chi connectivity index (χ0v) is 19.6. The number of pyridine rings is 1. The number of carbonyl (C=O) groups excluding carboxylic acids is 1. The van der Waals surface area contributed by atoms with Gasteiger partial charge in [-0.25, -0.2) is 13.8 Å². The lowest BCUT2D eigenvalue weighted by molar-refractivity contribution is -0.155. The number of hydrogen-bond acceptors (Lipinski definition) is 5. The van der Waals surface area contributed by atoms with Gasteiger partial charge in [0, 0.05) is 16.5 Å². The van der Waals surface area contributed by atoms with Gasteiger partial charge in [0.1, 0.15) is 22.9 Å². The number of benzene rings is 1. The molecule has 0 bridgehead atoms. The fourth-order valence-electron chi connectivity index (χ4n) is 3.22. The molecule has 0 unspecified atom stereocenters. The SMILES string of the molecule is CC(C)(C)OC(=O)C[C@@H](Cc1cc(F)cc(F)c1)c1nc(C#CC2(O)COC2)ccc1Br. The van der Waals surface area contributed by atoms with Crippen molar-refractivity contribution < 1.29 is 28.2 Å². The van der Waals surface area contributed by atoms with Crippen LogP contribution in [0.5, 0.6) is 0 Å². The maximum Gasteiger partial charge on any atom is 0.306 e. The Kier molecular flexibility index (Phi) is 7.33. The van der Waals surface area contributed by atoms with Gasteiger partial charge in [-0.2, -0.15) is 0 Å². The molecule has 0 spiro atoms. The normalized spacial score (nSPS) is 15.8. The molecule has 0 aliphatic carbocycles. The first-order chi connectivity index (χ1) is 14.9. The Bertz CT molecular complexity index is 1050. The van der Waals surface area contributed by atoms with Crippen molar-refractivity contribution in [2.75, 3.05) is 13.2 Å². The van der Waals surface area contributed by atoms with Gasteiger partial charge in [0.05, 0.1) is 25.3 Å². The first kappa shape index (κ1) is 24.3. The standard InChI is InChI=1S/C24H24BrF2NO4/c1-23(2,3)32-21(29)11-16(8-15-9-17(26)12-18(27)10-15)22-20(25)5-4-19(28-22)6-7-24(30)13-31-14-24/h4-5,9-10,12,16,30H,8,11,13-14H2,1-3H3/t16-/m1/s1. The molecule has 1 aliphatic rings. The quantitative estimate of drug-likeness (QED) is 0.482. The highest BCUT2D eigenvalue weighted by Gasteiger charge is 2.34. The second-order valence-electron chi connectivity index (χ2n) is 8.81. The molecule has 1 saturated heterocycles. The van der Waals surface area contributed by atoms with Crippen LogP contribution in [-0.4, -0.2) is 40.5 Å². The minimum absolute atomic E-state index is 0.0460. The van der Waals surface area contributed by atoms with Crippen molar-refractivity contribution in [2.45, 2.75) is 50.7 Å². The van der Waals surface area contributed by atoms with Gasteiger partial charge in [-0.05, 0) is 78.9 Å². The largest absolute Gasteiger partial charge is 0.460 e. The van der Waals surface area contributed by atoms with Gasteiger partial charge in [-0.1, -0.05) is 5.92 Å². The molecule has 32 heavy (non-hydrogen) atoms. The number of esters is 1. The predicted molar refractivity (Wildman–Crippen MR) is 118 cm³/mol. The van der Waals surface area contributed by atoms with Crippen molar-refractivity contribution >= 4 is 21.9 Å². The molecule has 3 rings (SSSR count). The van der Waals surface area contributed by atoms with Crippen molar-refractivity contribution in [1.29, 1.82) is 0 Å². The topological polar surface area (TPSA) is 68.7 Å². The Balaban J connectivity index is 1.94. The summed E-state index contributed by atoms with van der Waals surface area (Å²) in [5.41, 5.74) is -0.580. The predicted octanol–water partition coefficient (Wildman–Crippen LogP) is 4.29. The third kappa shape index (κ3) is 6.83. The van der Waals surface area contributed by atoms with E-state index in [4.69, 9.17) is 9.47 Å². The van der Waals surface area contributed by atoms with Crippen LogP contribution in [0.25, 0.3) is 0 Å². The number of hydrogen-bond donors (Lipinski definition) is 1. The summed E-state index contributed by atoms with van der Waals surface area (Å²) in [4.78, 5) is 17.1. The highest BCUT2D eigenvalue weighted by molar-refractivity contribution is 9.10. The fourth-order valence-corrected chi connectivity index (χ4v) is 3.77. The molecule has 0 radical (unpaired) electrons. The smallest absolute Gasteiger partial charge is 0.306 e. The van der Waals surface area contributed by atoms with Crippen LogP contribution in [0.4, 0.5) is 8.78 Å². The van der Waals surface area contributed by atoms with Crippen molar-refractivity contribution in [3.8, 4) is 11.8 Å². The minimum atomic E-state index is -1.19. The van der Waals surface area contributed by atoms with E-state index < -0.39 is 34.7 Å². The lowest BCUT2D eigenvalue weighted by atomic mass is 9.92. The summed E-state index contributed by atoms with van der Waals surface area (Å²) in [6.45, 7) is 5.56. The van der Waals surface area contributed by atoms with Crippen LogP contribution in [0.3, 0.4) is 0 Å². The Labute approximate surface area is 194 Å². The Morgan fingerprint density at radius 2 is 1.94 bits per heavy atom. The minimum Gasteiger partial charge on any atom is -0.460 e. The van der Waals surface area contributed by atoms with E-state index in [1.165, 1.54) is 12.1 Å². The summed E-state index contributed by atoms with van der Waals surface area (Å²) in [7, 11) is 0. The molecule has 8 heteroatoms. The van der Waals surface area contributed by atoms with Crippen LogP contribution in [0.1, 0.15) is 50.1 Å². The number of carbonyl (C=O) groups is 1. The maximum atomic E-state index is 13.8. The molecular formula is C24H24BrF2NO4. The zero-order chi connectivity index (χ0) is 23.5. The van der Waals surface area contributed by atoms with Crippen LogP contribution in [0.2, 0.25) is 0 Å². The fraction of sp³-hybridized carbons (Fsp3) is 0.417. The summed E-state index contributed by atoms with van der Waals surface area (Å²) < 4.78 is 38.6. The highest BCUT2D eigenvalue weighted by atomic mass is 79.9. The summed E-state index contributed by atoms with van der Waals surface area (Å²) in [5, 5.41) is 10.1. The highest BCUT2D eigenvalue weighted by Crippen LogP contribution is 2.31. The number of aliphatic hydroxyl groups is 1. The molecular weight excluding hydrogens is 484 g/mol. The van der Waals surface area contributed by atoms with Crippen LogP contribution >= 0.6 is 15.9 Å².